The fourth-order valence-electron chi connectivity index (χ4n) is 1.33. The zero-order valence-corrected chi connectivity index (χ0v) is 10.9. The maximum absolute atomic E-state index is 13.2. The van der Waals surface area contributed by atoms with Gasteiger partial charge in [0, 0.05) is 21.0 Å². The van der Waals surface area contributed by atoms with E-state index in [2.05, 4.69) is 14.7 Å². The Morgan fingerprint density at radius 2 is 2.00 bits per heavy atom. The standard InChI is InChI=1S/C10H14F3N3O3/c1-5-18-7(17)9(10(11,12)13)14-6(2)19-8(15-9)16(3)4/h5H2,1-4H3/t9-/m0/s1. The van der Waals surface area contributed by atoms with E-state index >= 15 is 0 Å². The van der Waals surface area contributed by atoms with Crippen LogP contribution in [0.3, 0.4) is 0 Å². The van der Waals surface area contributed by atoms with Crippen LogP contribution in [-0.4, -0.2) is 55.3 Å². The number of nitrogens with zero attached hydrogens (tertiary/aromatic N) is 3. The molecule has 19 heavy (non-hydrogen) atoms. The van der Waals surface area contributed by atoms with Crippen molar-refractivity contribution >= 4 is 17.9 Å². The average Bonchev–Trinajstić information content (AvgIpc) is 2.26. The van der Waals surface area contributed by atoms with Crippen molar-refractivity contribution in [3.8, 4) is 0 Å². The number of hydrogen-bond donors (Lipinski definition) is 0. The van der Waals surface area contributed by atoms with Crippen molar-refractivity contribution in [2.75, 3.05) is 20.7 Å². The molecule has 0 spiro atoms. The molecule has 1 atom stereocenters. The zero-order chi connectivity index (χ0) is 14.8. The first-order valence-corrected chi connectivity index (χ1v) is 5.39. The monoisotopic (exact) mass is 281 g/mol. The molecule has 0 amide bonds. The first-order valence-electron chi connectivity index (χ1n) is 5.39. The summed E-state index contributed by atoms with van der Waals surface area (Å²) in [5.41, 5.74) is -3.30. The van der Waals surface area contributed by atoms with Crippen molar-refractivity contribution in [2.24, 2.45) is 9.98 Å². The van der Waals surface area contributed by atoms with Crippen LogP contribution in [0.2, 0.25) is 0 Å². The summed E-state index contributed by atoms with van der Waals surface area (Å²) in [5, 5.41) is 0. The van der Waals surface area contributed by atoms with E-state index in [1.54, 1.807) is 0 Å². The molecule has 0 aliphatic carbocycles. The molecule has 0 aromatic rings. The van der Waals surface area contributed by atoms with Crippen LogP contribution in [-0.2, 0) is 14.3 Å². The molecule has 0 N–H and O–H groups in total. The van der Waals surface area contributed by atoms with E-state index in [9.17, 15) is 18.0 Å². The predicted molar refractivity (Wildman–Crippen MR) is 60.7 cm³/mol. The van der Waals surface area contributed by atoms with Crippen LogP contribution in [0.5, 0.6) is 0 Å². The Morgan fingerprint density at radius 1 is 1.42 bits per heavy atom. The summed E-state index contributed by atoms with van der Waals surface area (Å²) in [7, 11) is 2.87. The van der Waals surface area contributed by atoms with Gasteiger partial charge in [0.05, 0.1) is 6.61 Å². The molecule has 0 fully saturated rings. The molecule has 1 aliphatic rings. The normalized spacial score (nSPS) is 23.1. The summed E-state index contributed by atoms with van der Waals surface area (Å²) in [6.45, 7) is 2.39. The van der Waals surface area contributed by atoms with E-state index in [0.717, 1.165) is 0 Å². The van der Waals surface area contributed by atoms with Crippen LogP contribution in [0.25, 0.3) is 0 Å². The Balaban J connectivity index is 3.38. The van der Waals surface area contributed by atoms with Crippen LogP contribution in [0.1, 0.15) is 13.8 Å². The van der Waals surface area contributed by atoms with Gasteiger partial charge in [0.15, 0.2) is 5.90 Å². The smallest absolute Gasteiger partial charge is 0.446 e. The quantitative estimate of drug-likeness (QED) is 0.713. The van der Waals surface area contributed by atoms with Gasteiger partial charge in [-0.05, 0) is 6.92 Å². The molecule has 1 rings (SSSR count). The maximum atomic E-state index is 13.2. The second-order valence-corrected chi connectivity index (χ2v) is 3.91. The summed E-state index contributed by atoms with van der Waals surface area (Å²) in [6, 6.07) is -0.363. The van der Waals surface area contributed by atoms with Crippen molar-refractivity contribution in [1.82, 2.24) is 4.90 Å². The molecule has 6 nitrogen and oxygen atoms in total. The largest absolute Gasteiger partial charge is 0.462 e. The van der Waals surface area contributed by atoms with Gasteiger partial charge in [0.1, 0.15) is 0 Å². The lowest BCUT2D eigenvalue weighted by molar-refractivity contribution is -0.204. The number of rotatable bonds is 2. The molecule has 0 unspecified atom stereocenters. The minimum Gasteiger partial charge on any atom is -0.462 e. The van der Waals surface area contributed by atoms with Crippen molar-refractivity contribution in [3.05, 3.63) is 0 Å². The minimum atomic E-state index is -5.02. The number of halogens is 3. The highest BCUT2D eigenvalue weighted by atomic mass is 19.4. The minimum absolute atomic E-state index is 0.209. The average molecular weight is 281 g/mol. The molecule has 0 saturated heterocycles. The van der Waals surface area contributed by atoms with Gasteiger partial charge in [0.2, 0.25) is 0 Å². The Labute approximate surface area is 107 Å². The summed E-state index contributed by atoms with van der Waals surface area (Å²) >= 11 is 0. The number of hydrogen-bond acceptors (Lipinski definition) is 6. The fraction of sp³-hybridized carbons (Fsp3) is 0.700. The molecule has 0 radical (unpaired) electrons. The number of aliphatic imine (C=N–C) groups is 2. The van der Waals surface area contributed by atoms with E-state index in [1.807, 2.05) is 0 Å². The van der Waals surface area contributed by atoms with Gasteiger partial charge in [-0.2, -0.15) is 18.2 Å². The number of esters is 1. The molecular formula is C10H14F3N3O3. The fourth-order valence-corrected chi connectivity index (χ4v) is 1.33. The first kappa shape index (κ1) is 15.3. The molecule has 1 heterocycles. The third-order valence-electron chi connectivity index (χ3n) is 2.15. The van der Waals surface area contributed by atoms with Crippen LogP contribution >= 0.6 is 0 Å². The van der Waals surface area contributed by atoms with E-state index in [1.165, 1.54) is 32.8 Å². The molecule has 1 aliphatic heterocycles. The topological polar surface area (TPSA) is 63.5 Å². The third-order valence-corrected chi connectivity index (χ3v) is 2.15. The van der Waals surface area contributed by atoms with Crippen LogP contribution in [0.4, 0.5) is 13.2 Å². The SMILES string of the molecule is CCOC(=O)[C@]1(C(F)(F)F)N=C(C)OC(N(C)C)=N1. The summed E-state index contributed by atoms with van der Waals surface area (Å²) < 4.78 is 49.0. The second kappa shape index (κ2) is 5.06. The Kier molecular flexibility index (Phi) is 4.06. The Bertz CT molecular complexity index is 431. The number of carbonyl (C=O) groups is 1. The summed E-state index contributed by atoms with van der Waals surface area (Å²) in [6.07, 6.45) is -5.02. The van der Waals surface area contributed by atoms with Crippen LogP contribution in [0, 0.1) is 0 Å². The van der Waals surface area contributed by atoms with E-state index < -0.39 is 17.8 Å². The highest BCUT2D eigenvalue weighted by Crippen LogP contribution is 2.38. The van der Waals surface area contributed by atoms with Gasteiger partial charge in [-0.15, -0.1) is 0 Å². The van der Waals surface area contributed by atoms with Crippen molar-refractivity contribution in [3.63, 3.8) is 0 Å². The highest BCUT2D eigenvalue weighted by molar-refractivity contribution is 5.96. The lowest BCUT2D eigenvalue weighted by Crippen LogP contribution is -2.54. The summed E-state index contributed by atoms with van der Waals surface area (Å²) in [4.78, 5) is 19.4. The van der Waals surface area contributed by atoms with Gasteiger partial charge in [-0.3, -0.25) is 0 Å². The van der Waals surface area contributed by atoms with E-state index in [0.29, 0.717) is 0 Å². The number of amidine groups is 1. The number of ether oxygens (including phenoxy) is 2. The maximum Gasteiger partial charge on any atom is 0.446 e. The first-order chi connectivity index (χ1) is 8.64. The summed E-state index contributed by atoms with van der Waals surface area (Å²) in [5.74, 6) is -1.89. The molecule has 0 aromatic heterocycles. The van der Waals surface area contributed by atoms with Gasteiger partial charge in [-0.25, -0.2) is 9.79 Å². The zero-order valence-electron chi connectivity index (χ0n) is 10.9. The van der Waals surface area contributed by atoms with Crippen molar-refractivity contribution in [1.29, 1.82) is 0 Å². The third kappa shape index (κ3) is 2.79. The van der Waals surface area contributed by atoms with E-state index in [-0.39, 0.29) is 18.5 Å². The van der Waals surface area contributed by atoms with Crippen LogP contribution in [0.15, 0.2) is 9.98 Å². The van der Waals surface area contributed by atoms with Gasteiger partial charge in [-0.1, -0.05) is 0 Å². The van der Waals surface area contributed by atoms with Gasteiger partial charge < -0.3 is 14.4 Å². The highest BCUT2D eigenvalue weighted by Gasteiger charge is 2.65. The second-order valence-electron chi connectivity index (χ2n) is 3.91. The van der Waals surface area contributed by atoms with Gasteiger partial charge >= 0.3 is 17.8 Å². The lowest BCUT2D eigenvalue weighted by Gasteiger charge is -2.31. The van der Waals surface area contributed by atoms with E-state index in [4.69, 9.17) is 4.74 Å². The lowest BCUT2D eigenvalue weighted by atomic mass is 10.1. The number of carbonyl (C=O) groups excluding carboxylic acids is 1. The number of alkyl halides is 3. The van der Waals surface area contributed by atoms with Crippen molar-refractivity contribution in [2.45, 2.75) is 25.7 Å². The van der Waals surface area contributed by atoms with Crippen LogP contribution < -0.4 is 0 Å². The Morgan fingerprint density at radius 3 is 2.42 bits per heavy atom. The van der Waals surface area contributed by atoms with Gasteiger partial charge in [0.25, 0.3) is 6.02 Å². The molecule has 0 saturated carbocycles. The molecule has 0 bridgehead atoms. The predicted octanol–water partition coefficient (Wildman–Crippen LogP) is 1.17. The molecule has 9 heteroatoms. The Hall–Kier alpha value is -1.80. The van der Waals surface area contributed by atoms with Crippen molar-refractivity contribution < 1.29 is 27.4 Å². The molecular weight excluding hydrogens is 267 g/mol. The molecule has 0 aromatic carbocycles. The molecule has 108 valence electrons.